The minimum Gasteiger partial charge on any atom is -0.399 e. The molecule has 2 rings (SSSR count). The van der Waals surface area contributed by atoms with Crippen molar-refractivity contribution in [1.82, 2.24) is 14.9 Å². The van der Waals surface area contributed by atoms with E-state index in [1.54, 1.807) is 6.20 Å². The molecule has 0 unspecified atom stereocenters. The highest BCUT2D eigenvalue weighted by Gasteiger charge is 2.09. The van der Waals surface area contributed by atoms with Crippen LogP contribution >= 0.6 is 0 Å². The van der Waals surface area contributed by atoms with Gasteiger partial charge in [-0.05, 0) is 36.6 Å². The predicted molar refractivity (Wildman–Crippen MR) is 84.5 cm³/mol. The Balaban J connectivity index is 2.00. The van der Waals surface area contributed by atoms with Crippen LogP contribution in [0.5, 0.6) is 0 Å². The second-order valence-corrected chi connectivity index (χ2v) is 5.53. The lowest BCUT2D eigenvalue weighted by Gasteiger charge is -2.10. The van der Waals surface area contributed by atoms with Crippen molar-refractivity contribution in [2.45, 2.75) is 26.8 Å². The smallest absolute Gasteiger partial charge is 0.239 e. The molecule has 0 saturated heterocycles. The van der Waals surface area contributed by atoms with Crippen molar-refractivity contribution in [3.8, 4) is 11.4 Å². The minimum atomic E-state index is 0.00495. The number of imidazole rings is 1. The molecule has 0 aliphatic carbocycles. The summed E-state index contributed by atoms with van der Waals surface area (Å²) in [5.74, 6) is 1.36. The summed E-state index contributed by atoms with van der Waals surface area (Å²) in [4.78, 5) is 16.3. The fraction of sp³-hybridized carbons (Fsp3) is 0.375. The number of aromatic nitrogens is 2. The standard InChI is InChI=1S/C16H22N4O/c1-12(2)7-8-18-15(21)11-20-10-9-19-16(20)13-3-5-14(17)6-4-13/h3-6,9-10,12H,7-8,11,17H2,1-2H3,(H,18,21). The third kappa shape index (κ3) is 4.34. The molecular weight excluding hydrogens is 264 g/mol. The molecule has 0 bridgehead atoms. The number of hydrogen-bond donors (Lipinski definition) is 2. The zero-order chi connectivity index (χ0) is 15.2. The van der Waals surface area contributed by atoms with Crippen molar-refractivity contribution < 1.29 is 4.79 Å². The lowest BCUT2D eigenvalue weighted by molar-refractivity contribution is -0.121. The van der Waals surface area contributed by atoms with Gasteiger partial charge in [-0.2, -0.15) is 0 Å². The SMILES string of the molecule is CC(C)CCNC(=O)Cn1ccnc1-c1ccc(N)cc1. The summed E-state index contributed by atoms with van der Waals surface area (Å²) < 4.78 is 1.84. The maximum absolute atomic E-state index is 11.9. The lowest BCUT2D eigenvalue weighted by atomic mass is 10.1. The zero-order valence-corrected chi connectivity index (χ0v) is 12.5. The summed E-state index contributed by atoms with van der Waals surface area (Å²) in [5.41, 5.74) is 7.35. The summed E-state index contributed by atoms with van der Waals surface area (Å²) in [6.07, 6.45) is 4.50. The van der Waals surface area contributed by atoms with Crippen LogP contribution in [-0.2, 0) is 11.3 Å². The summed E-state index contributed by atoms with van der Waals surface area (Å²) in [7, 11) is 0. The van der Waals surface area contributed by atoms with Crippen LogP contribution in [0, 0.1) is 5.92 Å². The first-order valence-corrected chi connectivity index (χ1v) is 7.20. The summed E-state index contributed by atoms with van der Waals surface area (Å²) in [5, 5.41) is 2.93. The van der Waals surface area contributed by atoms with Crippen LogP contribution in [0.4, 0.5) is 5.69 Å². The molecule has 5 heteroatoms. The van der Waals surface area contributed by atoms with Gasteiger partial charge in [0.05, 0.1) is 0 Å². The first kappa shape index (κ1) is 15.1. The number of nitrogens with two attached hydrogens (primary N) is 1. The molecule has 5 nitrogen and oxygen atoms in total. The van der Waals surface area contributed by atoms with Gasteiger partial charge in [-0.3, -0.25) is 4.79 Å². The molecule has 2 aromatic rings. The number of nitrogens with zero attached hydrogens (tertiary/aromatic N) is 2. The number of anilines is 1. The average Bonchev–Trinajstić information content (AvgIpc) is 2.87. The Kier molecular flexibility index (Phi) is 4.98. The van der Waals surface area contributed by atoms with E-state index in [1.165, 1.54) is 0 Å². The number of amides is 1. The van der Waals surface area contributed by atoms with Crippen molar-refractivity contribution in [1.29, 1.82) is 0 Å². The van der Waals surface area contributed by atoms with Gasteiger partial charge in [0.1, 0.15) is 12.4 Å². The van der Waals surface area contributed by atoms with Gasteiger partial charge in [0.2, 0.25) is 5.91 Å². The van der Waals surface area contributed by atoms with E-state index in [4.69, 9.17) is 5.73 Å². The molecule has 1 aromatic heterocycles. The Morgan fingerprint density at radius 2 is 2.05 bits per heavy atom. The van der Waals surface area contributed by atoms with Gasteiger partial charge >= 0.3 is 0 Å². The van der Waals surface area contributed by atoms with Gasteiger partial charge in [-0.1, -0.05) is 13.8 Å². The second-order valence-electron chi connectivity index (χ2n) is 5.53. The Morgan fingerprint density at radius 3 is 2.71 bits per heavy atom. The normalized spacial score (nSPS) is 10.8. The first-order valence-electron chi connectivity index (χ1n) is 7.20. The molecule has 0 radical (unpaired) electrons. The molecule has 1 amide bonds. The van der Waals surface area contributed by atoms with E-state index in [9.17, 15) is 4.79 Å². The quantitative estimate of drug-likeness (QED) is 0.800. The largest absolute Gasteiger partial charge is 0.399 e. The fourth-order valence-electron chi connectivity index (χ4n) is 2.04. The van der Waals surface area contributed by atoms with Gasteiger partial charge in [-0.15, -0.1) is 0 Å². The lowest BCUT2D eigenvalue weighted by Crippen LogP contribution is -2.29. The van der Waals surface area contributed by atoms with E-state index in [0.29, 0.717) is 18.2 Å². The number of nitrogens with one attached hydrogen (secondary N) is 1. The summed E-state index contributed by atoms with van der Waals surface area (Å²) in [6, 6.07) is 7.48. The van der Waals surface area contributed by atoms with Crippen molar-refractivity contribution in [3.63, 3.8) is 0 Å². The topological polar surface area (TPSA) is 72.9 Å². The highest BCUT2D eigenvalue weighted by Crippen LogP contribution is 2.18. The number of carbonyl (C=O) groups excluding carboxylic acids is 1. The monoisotopic (exact) mass is 286 g/mol. The molecule has 0 saturated carbocycles. The van der Waals surface area contributed by atoms with Gasteiger partial charge in [-0.25, -0.2) is 4.98 Å². The van der Waals surface area contributed by atoms with Crippen LogP contribution in [0.25, 0.3) is 11.4 Å². The number of benzene rings is 1. The molecule has 21 heavy (non-hydrogen) atoms. The van der Waals surface area contributed by atoms with Gasteiger partial charge in [0.15, 0.2) is 0 Å². The van der Waals surface area contributed by atoms with E-state index in [0.717, 1.165) is 17.8 Å². The number of hydrogen-bond acceptors (Lipinski definition) is 3. The van der Waals surface area contributed by atoms with Crippen molar-refractivity contribution in [2.24, 2.45) is 5.92 Å². The molecular formula is C16H22N4O. The zero-order valence-electron chi connectivity index (χ0n) is 12.5. The van der Waals surface area contributed by atoms with E-state index in [-0.39, 0.29) is 12.5 Å². The molecule has 0 spiro atoms. The molecule has 3 N–H and O–H groups in total. The van der Waals surface area contributed by atoms with Crippen LogP contribution in [-0.4, -0.2) is 22.0 Å². The highest BCUT2D eigenvalue weighted by molar-refractivity contribution is 5.76. The maximum atomic E-state index is 11.9. The molecule has 0 atom stereocenters. The number of nitrogen functional groups attached to an aromatic ring is 1. The van der Waals surface area contributed by atoms with E-state index >= 15 is 0 Å². The van der Waals surface area contributed by atoms with Gasteiger partial charge < -0.3 is 15.6 Å². The molecule has 0 aliphatic heterocycles. The Labute approximate surface area is 125 Å². The average molecular weight is 286 g/mol. The summed E-state index contributed by atoms with van der Waals surface area (Å²) >= 11 is 0. The third-order valence-electron chi connectivity index (χ3n) is 3.24. The second kappa shape index (κ2) is 6.92. The van der Waals surface area contributed by atoms with Gasteiger partial charge in [0.25, 0.3) is 0 Å². The Bertz CT molecular complexity index is 587. The maximum Gasteiger partial charge on any atom is 0.239 e. The third-order valence-corrected chi connectivity index (χ3v) is 3.24. The van der Waals surface area contributed by atoms with Crippen molar-refractivity contribution in [3.05, 3.63) is 36.7 Å². The van der Waals surface area contributed by atoms with Crippen LogP contribution in [0.3, 0.4) is 0 Å². The molecule has 0 aliphatic rings. The van der Waals surface area contributed by atoms with Crippen molar-refractivity contribution >= 4 is 11.6 Å². The van der Waals surface area contributed by atoms with Crippen molar-refractivity contribution in [2.75, 3.05) is 12.3 Å². The molecule has 0 fully saturated rings. The van der Waals surface area contributed by atoms with Crippen LogP contribution in [0.2, 0.25) is 0 Å². The van der Waals surface area contributed by atoms with E-state index in [2.05, 4.69) is 24.1 Å². The first-order chi connectivity index (χ1) is 10.1. The van der Waals surface area contributed by atoms with Gasteiger partial charge in [0, 0.05) is 30.2 Å². The fourth-order valence-corrected chi connectivity index (χ4v) is 2.04. The Hall–Kier alpha value is -2.30. The van der Waals surface area contributed by atoms with Crippen LogP contribution in [0.15, 0.2) is 36.7 Å². The highest BCUT2D eigenvalue weighted by atomic mass is 16.1. The minimum absolute atomic E-state index is 0.00495. The molecule has 112 valence electrons. The van der Waals surface area contributed by atoms with Crippen LogP contribution in [0.1, 0.15) is 20.3 Å². The molecule has 1 heterocycles. The number of carbonyl (C=O) groups is 1. The Morgan fingerprint density at radius 1 is 1.33 bits per heavy atom. The predicted octanol–water partition coefficient (Wildman–Crippen LogP) is 2.29. The summed E-state index contributed by atoms with van der Waals surface area (Å²) in [6.45, 7) is 5.27. The van der Waals surface area contributed by atoms with E-state index in [1.807, 2.05) is 35.0 Å². The van der Waals surface area contributed by atoms with E-state index < -0.39 is 0 Å². The number of rotatable bonds is 6. The van der Waals surface area contributed by atoms with Crippen LogP contribution < -0.4 is 11.1 Å². The molecule has 1 aromatic carbocycles.